The molecule has 5 rings (SSSR count). The molecule has 0 bridgehead atoms. The third-order valence-corrected chi connectivity index (χ3v) is 6.28. The van der Waals surface area contributed by atoms with Crippen LogP contribution in [0, 0.1) is 11.7 Å². The number of carbonyl (C=O) groups is 1. The van der Waals surface area contributed by atoms with E-state index < -0.39 is 0 Å². The van der Waals surface area contributed by atoms with Crippen LogP contribution < -0.4 is 9.80 Å². The van der Waals surface area contributed by atoms with Crippen molar-refractivity contribution in [2.45, 2.75) is 12.8 Å². The molecule has 2 aliphatic rings. The largest absolute Gasteiger partial charge is 0.368 e. The first-order valence-electron chi connectivity index (χ1n) is 11.0. The molecule has 9 heteroatoms. The second-order valence-electron chi connectivity index (χ2n) is 8.29. The average molecular weight is 436 g/mol. The number of aromatic nitrogens is 4. The first kappa shape index (κ1) is 20.4. The van der Waals surface area contributed by atoms with Gasteiger partial charge in [0.25, 0.3) is 0 Å². The van der Waals surface area contributed by atoms with Crippen LogP contribution in [0.3, 0.4) is 0 Å². The lowest BCUT2D eigenvalue weighted by atomic mass is 9.96. The molecule has 0 N–H and O–H groups in total. The zero-order valence-corrected chi connectivity index (χ0v) is 17.8. The van der Waals surface area contributed by atoms with Crippen molar-refractivity contribution >= 4 is 17.4 Å². The fourth-order valence-electron chi connectivity index (χ4n) is 4.50. The third-order valence-electron chi connectivity index (χ3n) is 6.28. The standard InChI is InChI=1S/C23H26FN7O/c24-19-3-5-20(6-4-19)28-12-14-29(15-13-28)23(32)18-2-1-10-30(16-18)21-7-8-22(27-26-21)31-11-9-25-17-31/h3-9,11,17-18H,1-2,10,12-16H2. The zero-order chi connectivity index (χ0) is 21.9. The lowest BCUT2D eigenvalue weighted by Crippen LogP contribution is -2.52. The first-order chi connectivity index (χ1) is 15.7. The number of imidazole rings is 1. The Balaban J connectivity index is 1.18. The Morgan fingerprint density at radius 3 is 2.34 bits per heavy atom. The smallest absolute Gasteiger partial charge is 0.227 e. The molecule has 32 heavy (non-hydrogen) atoms. The van der Waals surface area contributed by atoms with Crippen molar-refractivity contribution in [1.82, 2.24) is 24.6 Å². The van der Waals surface area contributed by atoms with Crippen LogP contribution >= 0.6 is 0 Å². The summed E-state index contributed by atoms with van der Waals surface area (Å²) in [5.74, 6) is 1.47. The summed E-state index contributed by atoms with van der Waals surface area (Å²) in [4.78, 5) is 23.6. The van der Waals surface area contributed by atoms with Crippen molar-refractivity contribution in [3.05, 3.63) is 60.9 Å². The highest BCUT2D eigenvalue weighted by atomic mass is 19.1. The molecule has 2 aliphatic heterocycles. The molecule has 0 radical (unpaired) electrons. The summed E-state index contributed by atoms with van der Waals surface area (Å²) in [6.07, 6.45) is 7.07. The molecule has 0 aliphatic carbocycles. The molecule has 2 aromatic heterocycles. The van der Waals surface area contributed by atoms with Gasteiger partial charge in [-0.3, -0.25) is 9.36 Å². The average Bonchev–Trinajstić information content (AvgIpc) is 3.40. The van der Waals surface area contributed by atoms with E-state index in [4.69, 9.17) is 0 Å². The van der Waals surface area contributed by atoms with Crippen LogP contribution in [0.5, 0.6) is 0 Å². The lowest BCUT2D eigenvalue weighted by molar-refractivity contribution is -0.136. The van der Waals surface area contributed by atoms with Crippen LogP contribution in [-0.4, -0.2) is 69.8 Å². The van der Waals surface area contributed by atoms with E-state index in [0.29, 0.717) is 19.6 Å². The second-order valence-corrected chi connectivity index (χ2v) is 8.29. The van der Waals surface area contributed by atoms with E-state index in [-0.39, 0.29) is 17.6 Å². The Morgan fingerprint density at radius 2 is 1.66 bits per heavy atom. The summed E-state index contributed by atoms with van der Waals surface area (Å²) in [6, 6.07) is 10.4. The van der Waals surface area contributed by atoms with E-state index in [1.807, 2.05) is 27.8 Å². The van der Waals surface area contributed by atoms with E-state index in [1.54, 1.807) is 24.7 Å². The molecule has 1 unspecified atom stereocenters. The van der Waals surface area contributed by atoms with Gasteiger partial charge in [-0.1, -0.05) is 0 Å². The third kappa shape index (κ3) is 4.28. The van der Waals surface area contributed by atoms with Crippen LogP contribution in [0.1, 0.15) is 12.8 Å². The Labute approximate surface area is 186 Å². The van der Waals surface area contributed by atoms with Crippen molar-refractivity contribution < 1.29 is 9.18 Å². The topological polar surface area (TPSA) is 70.4 Å². The van der Waals surface area contributed by atoms with Gasteiger partial charge in [0.2, 0.25) is 5.91 Å². The van der Waals surface area contributed by atoms with Gasteiger partial charge in [-0.15, -0.1) is 10.2 Å². The minimum atomic E-state index is -0.231. The predicted molar refractivity (Wildman–Crippen MR) is 119 cm³/mol. The normalized spacial score (nSPS) is 19.3. The van der Waals surface area contributed by atoms with Gasteiger partial charge in [-0.2, -0.15) is 0 Å². The molecule has 1 atom stereocenters. The van der Waals surface area contributed by atoms with Gasteiger partial charge >= 0.3 is 0 Å². The number of piperazine rings is 1. The Morgan fingerprint density at radius 1 is 0.906 bits per heavy atom. The van der Waals surface area contributed by atoms with Crippen LogP contribution in [0.4, 0.5) is 15.9 Å². The minimum absolute atomic E-state index is 0.0313. The van der Waals surface area contributed by atoms with Gasteiger partial charge in [-0.25, -0.2) is 9.37 Å². The van der Waals surface area contributed by atoms with Gasteiger partial charge in [0, 0.05) is 57.3 Å². The summed E-state index contributed by atoms with van der Waals surface area (Å²) in [5, 5.41) is 8.69. The SMILES string of the molecule is O=C(C1CCCN(c2ccc(-n3ccnc3)nn2)C1)N1CCN(c2ccc(F)cc2)CC1. The number of benzene rings is 1. The summed E-state index contributed by atoms with van der Waals surface area (Å²) in [6.45, 7) is 4.43. The van der Waals surface area contributed by atoms with Crippen molar-refractivity contribution in [3.63, 3.8) is 0 Å². The molecule has 2 fully saturated rings. The van der Waals surface area contributed by atoms with Gasteiger partial charge < -0.3 is 14.7 Å². The number of hydrogen-bond donors (Lipinski definition) is 0. The van der Waals surface area contributed by atoms with Crippen molar-refractivity contribution in [1.29, 1.82) is 0 Å². The maximum Gasteiger partial charge on any atom is 0.227 e. The van der Waals surface area contributed by atoms with Gasteiger partial charge in [-0.05, 0) is 49.2 Å². The van der Waals surface area contributed by atoms with E-state index in [0.717, 1.165) is 49.8 Å². The van der Waals surface area contributed by atoms with Crippen molar-refractivity contribution in [2.75, 3.05) is 49.1 Å². The Bertz CT molecular complexity index is 1030. The number of piperidine rings is 1. The van der Waals surface area contributed by atoms with Crippen molar-refractivity contribution in [2.24, 2.45) is 5.92 Å². The molecule has 2 saturated heterocycles. The summed E-state index contributed by atoms with van der Waals surface area (Å²) < 4.78 is 15.0. The number of carbonyl (C=O) groups excluding carboxylic acids is 1. The highest BCUT2D eigenvalue weighted by molar-refractivity contribution is 5.80. The second kappa shape index (κ2) is 8.94. The van der Waals surface area contributed by atoms with Crippen molar-refractivity contribution in [3.8, 4) is 5.82 Å². The highest BCUT2D eigenvalue weighted by Gasteiger charge is 2.31. The number of anilines is 2. The molecule has 4 heterocycles. The lowest BCUT2D eigenvalue weighted by Gasteiger charge is -2.40. The molecule has 1 aromatic carbocycles. The molecule has 166 valence electrons. The molecule has 1 amide bonds. The first-order valence-corrected chi connectivity index (χ1v) is 11.0. The van der Waals surface area contributed by atoms with Crippen LogP contribution in [0.15, 0.2) is 55.1 Å². The summed E-state index contributed by atoms with van der Waals surface area (Å²) in [5.41, 5.74) is 1.00. The number of rotatable bonds is 4. The van der Waals surface area contributed by atoms with E-state index >= 15 is 0 Å². The van der Waals surface area contributed by atoms with E-state index in [9.17, 15) is 9.18 Å². The van der Waals surface area contributed by atoms with Crippen LogP contribution in [0.25, 0.3) is 5.82 Å². The molecular formula is C23H26FN7O. The van der Waals surface area contributed by atoms with Gasteiger partial charge in [0.05, 0.1) is 5.92 Å². The minimum Gasteiger partial charge on any atom is -0.368 e. The zero-order valence-electron chi connectivity index (χ0n) is 17.8. The predicted octanol–water partition coefficient (Wildman–Crippen LogP) is 2.37. The van der Waals surface area contributed by atoms with Gasteiger partial charge in [0.15, 0.2) is 11.6 Å². The highest BCUT2D eigenvalue weighted by Crippen LogP contribution is 2.24. The summed E-state index contributed by atoms with van der Waals surface area (Å²) >= 11 is 0. The number of amides is 1. The monoisotopic (exact) mass is 435 g/mol. The quantitative estimate of drug-likeness (QED) is 0.627. The van der Waals surface area contributed by atoms with Gasteiger partial charge in [0.1, 0.15) is 12.1 Å². The Kier molecular flexibility index (Phi) is 5.70. The molecule has 0 saturated carbocycles. The van der Waals surface area contributed by atoms with E-state index in [1.165, 1.54) is 12.1 Å². The van der Waals surface area contributed by atoms with Crippen LogP contribution in [0.2, 0.25) is 0 Å². The maximum absolute atomic E-state index is 13.2. The fourth-order valence-corrected chi connectivity index (χ4v) is 4.50. The molecular weight excluding hydrogens is 409 g/mol. The number of halogens is 1. The molecule has 3 aromatic rings. The molecule has 8 nitrogen and oxygen atoms in total. The number of hydrogen-bond acceptors (Lipinski definition) is 6. The molecule has 0 spiro atoms. The van der Waals surface area contributed by atoms with E-state index in [2.05, 4.69) is 25.0 Å². The van der Waals surface area contributed by atoms with Crippen LogP contribution in [-0.2, 0) is 4.79 Å². The maximum atomic E-state index is 13.2. The number of nitrogens with zero attached hydrogens (tertiary/aromatic N) is 7. The fraction of sp³-hybridized carbons (Fsp3) is 0.391. The Hall–Kier alpha value is -3.49. The summed E-state index contributed by atoms with van der Waals surface area (Å²) in [7, 11) is 0.